The van der Waals surface area contributed by atoms with Gasteiger partial charge in [-0.2, -0.15) is 0 Å². The highest BCUT2D eigenvalue weighted by Crippen LogP contribution is 2.22. The van der Waals surface area contributed by atoms with Crippen LogP contribution in [0, 0.1) is 0 Å². The predicted molar refractivity (Wildman–Crippen MR) is 61.6 cm³/mol. The first-order chi connectivity index (χ1) is 6.68. The van der Waals surface area contributed by atoms with E-state index in [4.69, 9.17) is 5.73 Å². The maximum absolute atomic E-state index is 11.6. The fourth-order valence-corrected chi connectivity index (χ4v) is 1.78. The van der Waals surface area contributed by atoms with Crippen LogP contribution in [-0.2, 0) is 17.9 Å². The number of fused-ring (bicyclic) bond motifs is 1. The molecule has 4 heteroatoms. The lowest BCUT2D eigenvalue weighted by atomic mass is 10.1. The molecule has 1 atom stereocenters. The zero-order valence-electron chi connectivity index (χ0n) is 8.64. The Labute approximate surface area is 95.7 Å². The smallest absolute Gasteiger partial charge is 0.239 e. The third-order valence-electron chi connectivity index (χ3n) is 2.54. The highest BCUT2D eigenvalue weighted by molar-refractivity contribution is 5.85. The van der Waals surface area contributed by atoms with Crippen molar-refractivity contribution in [1.29, 1.82) is 0 Å². The molecule has 82 valence electrons. The summed E-state index contributed by atoms with van der Waals surface area (Å²) < 4.78 is 0. The van der Waals surface area contributed by atoms with E-state index in [1.54, 1.807) is 11.8 Å². The normalized spacial score (nSPS) is 15.5. The van der Waals surface area contributed by atoms with Gasteiger partial charge in [-0.05, 0) is 18.1 Å². The third kappa shape index (κ3) is 2.30. The average Bonchev–Trinajstić information content (AvgIpc) is 2.59. The average molecular weight is 227 g/mol. The van der Waals surface area contributed by atoms with E-state index >= 15 is 0 Å². The quantitative estimate of drug-likeness (QED) is 0.785. The van der Waals surface area contributed by atoms with Crippen molar-refractivity contribution < 1.29 is 4.79 Å². The summed E-state index contributed by atoms with van der Waals surface area (Å²) in [5, 5.41) is 0. The zero-order chi connectivity index (χ0) is 10.1. The van der Waals surface area contributed by atoms with Gasteiger partial charge in [0.2, 0.25) is 5.91 Å². The Morgan fingerprint density at radius 2 is 1.80 bits per heavy atom. The summed E-state index contributed by atoms with van der Waals surface area (Å²) in [6.07, 6.45) is 0. The molecular weight excluding hydrogens is 212 g/mol. The van der Waals surface area contributed by atoms with Crippen molar-refractivity contribution >= 4 is 18.3 Å². The van der Waals surface area contributed by atoms with Gasteiger partial charge in [0.25, 0.3) is 0 Å². The Morgan fingerprint density at radius 3 is 2.20 bits per heavy atom. The van der Waals surface area contributed by atoms with E-state index in [9.17, 15) is 4.79 Å². The van der Waals surface area contributed by atoms with Crippen LogP contribution in [-0.4, -0.2) is 16.8 Å². The molecule has 1 aliphatic rings. The number of amides is 1. The molecule has 2 N–H and O–H groups in total. The maximum Gasteiger partial charge on any atom is 0.239 e. The van der Waals surface area contributed by atoms with E-state index in [-0.39, 0.29) is 18.3 Å². The summed E-state index contributed by atoms with van der Waals surface area (Å²) in [6.45, 7) is 3.14. The molecule has 0 bridgehead atoms. The summed E-state index contributed by atoms with van der Waals surface area (Å²) in [5.41, 5.74) is 8.03. The minimum atomic E-state index is -0.399. The molecular formula is C11H15ClN2O. The fourth-order valence-electron chi connectivity index (χ4n) is 1.78. The van der Waals surface area contributed by atoms with Crippen LogP contribution < -0.4 is 5.73 Å². The van der Waals surface area contributed by atoms with Crippen LogP contribution in [0.3, 0.4) is 0 Å². The van der Waals surface area contributed by atoms with E-state index in [0.717, 1.165) is 0 Å². The van der Waals surface area contributed by atoms with Gasteiger partial charge in [-0.1, -0.05) is 24.3 Å². The van der Waals surface area contributed by atoms with Gasteiger partial charge in [-0.25, -0.2) is 0 Å². The van der Waals surface area contributed by atoms with Crippen molar-refractivity contribution in [3.63, 3.8) is 0 Å². The molecule has 0 saturated carbocycles. The Bertz CT molecular complexity index is 340. The molecule has 1 aliphatic heterocycles. The summed E-state index contributed by atoms with van der Waals surface area (Å²) in [7, 11) is 0. The maximum atomic E-state index is 11.6. The first kappa shape index (κ1) is 12.0. The number of hydrogen-bond donors (Lipinski definition) is 1. The molecule has 1 aromatic carbocycles. The number of benzene rings is 1. The molecule has 0 spiro atoms. The van der Waals surface area contributed by atoms with E-state index < -0.39 is 6.04 Å². The minimum Gasteiger partial charge on any atom is -0.333 e. The standard InChI is InChI=1S/C11H14N2O.ClH/c1-8(12)11(14)13-6-9-4-2-3-5-10(9)7-13;/h2-5,8H,6-7,12H2,1H3;1H. The van der Waals surface area contributed by atoms with E-state index in [0.29, 0.717) is 13.1 Å². The van der Waals surface area contributed by atoms with Crippen molar-refractivity contribution in [2.45, 2.75) is 26.1 Å². The van der Waals surface area contributed by atoms with Gasteiger partial charge in [-0.15, -0.1) is 12.4 Å². The van der Waals surface area contributed by atoms with E-state index in [1.807, 2.05) is 12.1 Å². The summed E-state index contributed by atoms with van der Waals surface area (Å²) >= 11 is 0. The molecule has 0 aromatic heterocycles. The summed E-state index contributed by atoms with van der Waals surface area (Å²) in [6, 6.07) is 7.72. The van der Waals surface area contributed by atoms with Crippen LogP contribution >= 0.6 is 12.4 Å². The van der Waals surface area contributed by atoms with Gasteiger partial charge in [0.1, 0.15) is 0 Å². The zero-order valence-corrected chi connectivity index (χ0v) is 9.46. The van der Waals surface area contributed by atoms with Gasteiger partial charge >= 0.3 is 0 Å². The number of nitrogens with two attached hydrogens (primary N) is 1. The van der Waals surface area contributed by atoms with Gasteiger partial charge in [-0.3, -0.25) is 4.79 Å². The largest absolute Gasteiger partial charge is 0.333 e. The molecule has 0 saturated heterocycles. The minimum absolute atomic E-state index is 0. The molecule has 0 aliphatic carbocycles. The molecule has 0 radical (unpaired) electrons. The molecule has 2 rings (SSSR count). The van der Waals surface area contributed by atoms with Crippen molar-refractivity contribution in [2.24, 2.45) is 5.73 Å². The molecule has 3 nitrogen and oxygen atoms in total. The first-order valence-electron chi connectivity index (χ1n) is 4.79. The van der Waals surface area contributed by atoms with Crippen LogP contribution in [0.1, 0.15) is 18.1 Å². The number of nitrogens with zero attached hydrogens (tertiary/aromatic N) is 1. The molecule has 1 heterocycles. The Morgan fingerprint density at radius 1 is 1.33 bits per heavy atom. The molecule has 1 amide bonds. The molecule has 15 heavy (non-hydrogen) atoms. The van der Waals surface area contributed by atoms with Crippen molar-refractivity contribution in [3.8, 4) is 0 Å². The van der Waals surface area contributed by atoms with Crippen molar-refractivity contribution in [1.82, 2.24) is 4.90 Å². The summed E-state index contributed by atoms with van der Waals surface area (Å²) in [5.74, 6) is 0.0289. The lowest BCUT2D eigenvalue weighted by Crippen LogP contribution is -2.38. The second-order valence-corrected chi connectivity index (χ2v) is 3.75. The van der Waals surface area contributed by atoms with Crippen LogP contribution in [0.5, 0.6) is 0 Å². The second kappa shape index (κ2) is 4.64. The number of hydrogen-bond acceptors (Lipinski definition) is 2. The highest BCUT2D eigenvalue weighted by atomic mass is 35.5. The van der Waals surface area contributed by atoms with Gasteiger partial charge < -0.3 is 10.6 Å². The van der Waals surface area contributed by atoms with Crippen molar-refractivity contribution in [2.75, 3.05) is 0 Å². The topological polar surface area (TPSA) is 46.3 Å². The van der Waals surface area contributed by atoms with Crippen LogP contribution in [0.2, 0.25) is 0 Å². The number of carbonyl (C=O) groups excluding carboxylic acids is 1. The molecule has 0 fully saturated rings. The Balaban J connectivity index is 0.00000112. The van der Waals surface area contributed by atoms with Gasteiger partial charge in [0.15, 0.2) is 0 Å². The highest BCUT2D eigenvalue weighted by Gasteiger charge is 2.24. The monoisotopic (exact) mass is 226 g/mol. The molecule has 1 aromatic rings. The van der Waals surface area contributed by atoms with Crippen molar-refractivity contribution in [3.05, 3.63) is 35.4 Å². The van der Waals surface area contributed by atoms with E-state index in [1.165, 1.54) is 11.1 Å². The lowest BCUT2D eigenvalue weighted by molar-refractivity contribution is -0.132. The SMILES string of the molecule is CC(N)C(=O)N1Cc2ccccc2C1.Cl. The number of halogens is 1. The van der Waals surface area contributed by atoms with Gasteiger partial charge in [0.05, 0.1) is 6.04 Å². The fraction of sp³-hybridized carbons (Fsp3) is 0.364. The van der Waals surface area contributed by atoms with E-state index in [2.05, 4.69) is 12.1 Å². The van der Waals surface area contributed by atoms with Crippen LogP contribution in [0.15, 0.2) is 24.3 Å². The molecule has 1 unspecified atom stereocenters. The lowest BCUT2D eigenvalue weighted by Gasteiger charge is -2.17. The Hall–Kier alpha value is -1.06. The summed E-state index contributed by atoms with van der Waals surface area (Å²) in [4.78, 5) is 13.4. The number of carbonyl (C=O) groups is 1. The third-order valence-corrected chi connectivity index (χ3v) is 2.54. The first-order valence-corrected chi connectivity index (χ1v) is 4.79. The van der Waals surface area contributed by atoms with Crippen LogP contribution in [0.4, 0.5) is 0 Å². The second-order valence-electron chi connectivity index (χ2n) is 3.75. The Kier molecular flexibility index (Phi) is 3.72. The van der Waals surface area contributed by atoms with Crippen LogP contribution in [0.25, 0.3) is 0 Å². The predicted octanol–water partition coefficient (Wildman–Crippen LogP) is 1.30. The number of rotatable bonds is 1. The van der Waals surface area contributed by atoms with Gasteiger partial charge in [0, 0.05) is 13.1 Å².